The Hall–Kier alpha value is -2.07. The van der Waals surface area contributed by atoms with Crippen molar-refractivity contribution in [2.75, 3.05) is 0 Å². The Morgan fingerprint density at radius 2 is 1.84 bits per heavy atom. The first-order valence-electron chi connectivity index (χ1n) is 5.94. The lowest BCUT2D eigenvalue weighted by atomic mass is 10.1. The zero-order valence-electron chi connectivity index (χ0n) is 10.5. The van der Waals surface area contributed by atoms with E-state index in [9.17, 15) is 14.6 Å². The fourth-order valence-electron chi connectivity index (χ4n) is 1.73. The van der Waals surface area contributed by atoms with Gasteiger partial charge in [-0.15, -0.1) is 0 Å². The van der Waals surface area contributed by atoms with E-state index < -0.39 is 11.9 Å². The van der Waals surface area contributed by atoms with Crippen LogP contribution in [-0.4, -0.2) is 10.2 Å². The maximum atomic E-state index is 13.1. The number of rotatable bonds is 4. The second-order valence-corrected chi connectivity index (χ2v) is 4.31. The SMILES string of the molecule is CC(O)c1cc(F)ccc1OCc1ccc(O)cc1. The molecule has 0 amide bonds. The number of aliphatic hydroxyl groups excluding tert-OH is 1. The third-order valence-corrected chi connectivity index (χ3v) is 2.75. The summed E-state index contributed by atoms with van der Waals surface area (Å²) in [7, 11) is 0. The monoisotopic (exact) mass is 262 g/mol. The van der Waals surface area contributed by atoms with Gasteiger partial charge < -0.3 is 14.9 Å². The van der Waals surface area contributed by atoms with Gasteiger partial charge in [-0.2, -0.15) is 0 Å². The average molecular weight is 262 g/mol. The van der Waals surface area contributed by atoms with Crippen molar-refractivity contribution in [1.29, 1.82) is 0 Å². The van der Waals surface area contributed by atoms with Crippen molar-refractivity contribution in [1.82, 2.24) is 0 Å². The van der Waals surface area contributed by atoms with Gasteiger partial charge in [0.25, 0.3) is 0 Å². The highest BCUT2D eigenvalue weighted by atomic mass is 19.1. The zero-order chi connectivity index (χ0) is 13.8. The first-order valence-corrected chi connectivity index (χ1v) is 5.94. The standard InChI is InChI=1S/C15H15FO3/c1-10(17)14-8-12(16)4-7-15(14)19-9-11-2-5-13(18)6-3-11/h2-8,10,17-18H,9H2,1H3. The fourth-order valence-corrected chi connectivity index (χ4v) is 1.73. The maximum Gasteiger partial charge on any atom is 0.125 e. The highest BCUT2D eigenvalue weighted by Crippen LogP contribution is 2.26. The van der Waals surface area contributed by atoms with Gasteiger partial charge in [-0.05, 0) is 42.8 Å². The summed E-state index contributed by atoms with van der Waals surface area (Å²) in [5.74, 6) is 0.229. The van der Waals surface area contributed by atoms with Crippen molar-refractivity contribution in [3.05, 3.63) is 59.4 Å². The number of aromatic hydroxyl groups is 1. The van der Waals surface area contributed by atoms with Crippen LogP contribution in [0.4, 0.5) is 4.39 Å². The minimum Gasteiger partial charge on any atom is -0.508 e. The molecule has 1 atom stereocenters. The third-order valence-electron chi connectivity index (χ3n) is 2.75. The molecule has 0 heterocycles. The molecule has 0 saturated carbocycles. The number of hydrogen-bond donors (Lipinski definition) is 2. The number of benzene rings is 2. The highest BCUT2D eigenvalue weighted by molar-refractivity contribution is 5.36. The van der Waals surface area contributed by atoms with Crippen LogP contribution in [0, 0.1) is 5.82 Å². The predicted molar refractivity (Wildman–Crippen MR) is 69.5 cm³/mol. The second-order valence-electron chi connectivity index (χ2n) is 4.31. The molecule has 1 unspecified atom stereocenters. The first kappa shape index (κ1) is 13.4. The van der Waals surface area contributed by atoms with Crippen molar-refractivity contribution in [3.63, 3.8) is 0 Å². The predicted octanol–water partition coefficient (Wildman–Crippen LogP) is 3.16. The summed E-state index contributed by atoms with van der Waals surface area (Å²) in [6, 6.07) is 10.7. The van der Waals surface area contributed by atoms with Crippen molar-refractivity contribution < 1.29 is 19.3 Å². The zero-order valence-corrected chi connectivity index (χ0v) is 10.5. The molecular formula is C15H15FO3. The van der Waals surface area contributed by atoms with Gasteiger partial charge in [-0.25, -0.2) is 4.39 Å². The minimum absolute atomic E-state index is 0.190. The molecule has 0 aromatic heterocycles. The van der Waals surface area contributed by atoms with Crippen LogP contribution in [0.1, 0.15) is 24.2 Å². The molecule has 0 fully saturated rings. The van der Waals surface area contributed by atoms with Gasteiger partial charge in [-0.3, -0.25) is 0 Å². The average Bonchev–Trinajstić information content (AvgIpc) is 2.39. The third kappa shape index (κ3) is 3.45. The van der Waals surface area contributed by atoms with E-state index in [1.165, 1.54) is 18.2 Å². The van der Waals surface area contributed by atoms with Crippen LogP contribution >= 0.6 is 0 Å². The Bertz CT molecular complexity index is 550. The summed E-state index contributed by atoms with van der Waals surface area (Å²) in [5.41, 5.74) is 1.29. The number of phenolic OH excluding ortho intramolecular Hbond substituents is 1. The van der Waals surface area contributed by atoms with Crippen molar-refractivity contribution in [2.24, 2.45) is 0 Å². The number of hydrogen-bond acceptors (Lipinski definition) is 3. The Labute approximate surface area is 110 Å². The van der Waals surface area contributed by atoms with Gasteiger partial charge in [0.15, 0.2) is 0 Å². The summed E-state index contributed by atoms with van der Waals surface area (Å²) in [5, 5.41) is 18.8. The van der Waals surface area contributed by atoms with Crippen molar-refractivity contribution >= 4 is 0 Å². The molecule has 2 rings (SSSR count). The van der Waals surface area contributed by atoms with Crippen molar-refractivity contribution in [2.45, 2.75) is 19.6 Å². The van der Waals surface area contributed by atoms with Crippen LogP contribution < -0.4 is 4.74 Å². The molecule has 4 heteroatoms. The quantitative estimate of drug-likeness (QED) is 0.889. The number of halogens is 1. The van der Waals surface area contributed by atoms with Crippen LogP contribution in [-0.2, 0) is 6.61 Å². The van der Waals surface area contributed by atoms with Crippen molar-refractivity contribution in [3.8, 4) is 11.5 Å². The molecule has 0 aliphatic heterocycles. The van der Waals surface area contributed by atoms with E-state index in [1.807, 2.05) is 0 Å². The summed E-state index contributed by atoms with van der Waals surface area (Å²) in [4.78, 5) is 0. The van der Waals surface area contributed by atoms with E-state index in [-0.39, 0.29) is 12.4 Å². The first-order chi connectivity index (χ1) is 9.06. The molecule has 0 spiro atoms. The largest absolute Gasteiger partial charge is 0.508 e. The lowest BCUT2D eigenvalue weighted by Crippen LogP contribution is -2.01. The molecule has 2 N–H and O–H groups in total. The molecule has 0 saturated heterocycles. The van der Waals surface area contributed by atoms with Gasteiger partial charge in [0.1, 0.15) is 23.9 Å². The van der Waals surface area contributed by atoms with Crippen LogP contribution in [0.2, 0.25) is 0 Å². The summed E-state index contributed by atoms with van der Waals surface area (Å²) < 4.78 is 18.7. The van der Waals surface area contributed by atoms with Crippen LogP contribution in [0.25, 0.3) is 0 Å². The molecule has 19 heavy (non-hydrogen) atoms. The van der Waals surface area contributed by atoms with E-state index in [2.05, 4.69) is 0 Å². The molecule has 0 aliphatic carbocycles. The molecule has 2 aromatic carbocycles. The summed E-state index contributed by atoms with van der Waals surface area (Å²) in [6.45, 7) is 1.84. The minimum atomic E-state index is -0.800. The Balaban J connectivity index is 2.13. The van der Waals surface area contributed by atoms with Gasteiger partial charge in [-0.1, -0.05) is 12.1 Å². The lowest BCUT2D eigenvalue weighted by Gasteiger charge is -2.13. The Morgan fingerprint density at radius 3 is 2.47 bits per heavy atom. The molecule has 0 radical (unpaired) electrons. The molecule has 2 aromatic rings. The van der Waals surface area contributed by atoms with Crippen LogP contribution in [0.15, 0.2) is 42.5 Å². The molecule has 0 aliphatic rings. The van der Waals surface area contributed by atoms with E-state index >= 15 is 0 Å². The number of aliphatic hydroxyl groups is 1. The lowest BCUT2D eigenvalue weighted by molar-refractivity contribution is 0.189. The van der Waals surface area contributed by atoms with E-state index in [0.717, 1.165) is 5.56 Å². The Kier molecular flexibility index (Phi) is 4.02. The number of phenols is 1. The summed E-state index contributed by atoms with van der Waals surface area (Å²) in [6.07, 6.45) is -0.800. The van der Waals surface area contributed by atoms with Crippen LogP contribution in [0.5, 0.6) is 11.5 Å². The molecule has 100 valence electrons. The van der Waals surface area contributed by atoms with Crippen LogP contribution in [0.3, 0.4) is 0 Å². The normalized spacial score (nSPS) is 12.2. The fraction of sp³-hybridized carbons (Fsp3) is 0.200. The molecule has 3 nitrogen and oxygen atoms in total. The number of ether oxygens (including phenoxy) is 1. The van der Waals surface area contributed by atoms with E-state index in [4.69, 9.17) is 4.74 Å². The second kappa shape index (κ2) is 5.71. The van der Waals surface area contributed by atoms with Gasteiger partial charge in [0, 0.05) is 5.56 Å². The topological polar surface area (TPSA) is 49.7 Å². The van der Waals surface area contributed by atoms with E-state index in [0.29, 0.717) is 11.3 Å². The summed E-state index contributed by atoms with van der Waals surface area (Å²) >= 11 is 0. The van der Waals surface area contributed by atoms with Gasteiger partial charge in [0.2, 0.25) is 0 Å². The molecular weight excluding hydrogens is 247 g/mol. The van der Waals surface area contributed by atoms with E-state index in [1.54, 1.807) is 31.2 Å². The Morgan fingerprint density at radius 1 is 1.16 bits per heavy atom. The smallest absolute Gasteiger partial charge is 0.125 e. The highest BCUT2D eigenvalue weighted by Gasteiger charge is 2.10. The van der Waals surface area contributed by atoms with Gasteiger partial charge >= 0.3 is 0 Å². The molecule has 0 bridgehead atoms. The maximum absolute atomic E-state index is 13.1. The van der Waals surface area contributed by atoms with Gasteiger partial charge in [0.05, 0.1) is 6.10 Å².